The number of hydrogen-bond acceptors (Lipinski definition) is 2. The second-order valence-electron chi connectivity index (χ2n) is 5.00. The number of aryl methyl sites for hydroxylation is 1. The van der Waals surface area contributed by atoms with Gasteiger partial charge in [-0.25, -0.2) is 4.98 Å². The van der Waals surface area contributed by atoms with E-state index < -0.39 is 0 Å². The number of imidazole rings is 1. The molecule has 1 aromatic heterocycles. The number of carbonyl (C=O) groups excluding carboxylic acids is 1. The molecule has 2 aromatic rings. The molecular weight excluding hydrogens is 238 g/mol. The lowest BCUT2D eigenvalue weighted by Gasteiger charge is -2.23. The van der Waals surface area contributed by atoms with Gasteiger partial charge in [-0.3, -0.25) is 4.79 Å². The van der Waals surface area contributed by atoms with E-state index in [1.165, 1.54) is 11.1 Å². The fourth-order valence-corrected chi connectivity index (χ4v) is 2.63. The van der Waals surface area contributed by atoms with Crippen molar-refractivity contribution >= 4 is 5.91 Å². The maximum atomic E-state index is 12.2. The van der Waals surface area contributed by atoms with Gasteiger partial charge in [0.25, 0.3) is 0 Å². The zero-order valence-corrected chi connectivity index (χ0v) is 10.7. The number of fused-ring (bicyclic) bond motifs is 1. The zero-order valence-electron chi connectivity index (χ0n) is 10.7. The Morgan fingerprint density at radius 2 is 2.21 bits per heavy atom. The van der Waals surface area contributed by atoms with Crippen molar-refractivity contribution in [3.8, 4) is 0 Å². The predicted molar refractivity (Wildman–Crippen MR) is 72.4 cm³/mol. The van der Waals surface area contributed by atoms with Gasteiger partial charge < -0.3 is 10.3 Å². The number of hydrogen-bond donors (Lipinski definition) is 2. The quantitative estimate of drug-likeness (QED) is 0.879. The van der Waals surface area contributed by atoms with E-state index in [2.05, 4.69) is 33.5 Å². The van der Waals surface area contributed by atoms with Crippen LogP contribution in [0.5, 0.6) is 0 Å². The lowest BCUT2D eigenvalue weighted by Crippen LogP contribution is -2.33. The van der Waals surface area contributed by atoms with Crippen LogP contribution in [0.4, 0.5) is 0 Å². The van der Waals surface area contributed by atoms with E-state index >= 15 is 0 Å². The average Bonchev–Trinajstić information content (AvgIpc) is 2.97. The van der Waals surface area contributed by atoms with E-state index in [0.717, 1.165) is 25.0 Å². The smallest absolute Gasteiger partial charge is 0.223 e. The molecule has 1 atom stereocenters. The predicted octanol–water partition coefficient (Wildman–Crippen LogP) is 1.83. The Morgan fingerprint density at radius 3 is 3.00 bits per heavy atom. The number of carbonyl (C=O) groups is 1. The first-order valence-electron chi connectivity index (χ1n) is 6.64. The van der Waals surface area contributed by atoms with Crippen LogP contribution in [0.1, 0.15) is 23.2 Å². The molecule has 0 aliphatic heterocycles. The molecule has 0 saturated carbocycles. The van der Waals surface area contributed by atoms with Crippen LogP contribution < -0.4 is 5.32 Å². The van der Waals surface area contributed by atoms with Crippen LogP contribution in [0, 0.1) is 5.92 Å². The molecule has 0 fully saturated rings. The number of aromatic nitrogens is 2. The van der Waals surface area contributed by atoms with Gasteiger partial charge in [-0.15, -0.1) is 0 Å². The minimum absolute atomic E-state index is 0.0952. The molecule has 1 unspecified atom stereocenters. The van der Waals surface area contributed by atoms with Crippen molar-refractivity contribution in [1.29, 1.82) is 0 Å². The third-order valence-corrected chi connectivity index (χ3v) is 3.73. The number of amides is 1. The normalized spacial score (nSPS) is 17.8. The molecule has 1 heterocycles. The fraction of sp³-hybridized carbons (Fsp3) is 0.333. The summed E-state index contributed by atoms with van der Waals surface area (Å²) in [7, 11) is 0. The molecule has 0 radical (unpaired) electrons. The molecule has 1 amide bonds. The van der Waals surface area contributed by atoms with Gasteiger partial charge in [-0.2, -0.15) is 0 Å². The summed E-state index contributed by atoms with van der Waals surface area (Å²) in [5, 5.41) is 2.98. The number of H-pyrrole nitrogens is 1. The van der Waals surface area contributed by atoms with Crippen molar-refractivity contribution in [2.75, 3.05) is 0 Å². The summed E-state index contributed by atoms with van der Waals surface area (Å²) in [6.45, 7) is 0.525. The Morgan fingerprint density at radius 1 is 1.37 bits per heavy atom. The summed E-state index contributed by atoms with van der Waals surface area (Å²) >= 11 is 0. The standard InChI is InChI=1S/C15H17N3O/c19-15(17-9-14-8-16-10-18-14)13-6-5-11-3-1-2-4-12(11)7-13/h1-4,8,10,13H,5-7,9H2,(H,16,18)(H,17,19). The van der Waals surface area contributed by atoms with Gasteiger partial charge >= 0.3 is 0 Å². The molecule has 4 nitrogen and oxygen atoms in total. The van der Waals surface area contributed by atoms with Crippen molar-refractivity contribution in [2.24, 2.45) is 5.92 Å². The minimum Gasteiger partial charge on any atom is -0.350 e. The van der Waals surface area contributed by atoms with E-state index in [4.69, 9.17) is 0 Å². The van der Waals surface area contributed by atoms with E-state index in [1.807, 2.05) is 6.07 Å². The van der Waals surface area contributed by atoms with Crippen LogP contribution in [0.2, 0.25) is 0 Å². The number of rotatable bonds is 3. The zero-order chi connectivity index (χ0) is 13.1. The van der Waals surface area contributed by atoms with Crippen molar-refractivity contribution < 1.29 is 4.79 Å². The van der Waals surface area contributed by atoms with Crippen LogP contribution in [-0.4, -0.2) is 15.9 Å². The average molecular weight is 255 g/mol. The Bertz CT molecular complexity index is 563. The molecule has 2 N–H and O–H groups in total. The Hall–Kier alpha value is -2.10. The molecule has 4 heteroatoms. The number of benzene rings is 1. The largest absolute Gasteiger partial charge is 0.350 e. The van der Waals surface area contributed by atoms with Gasteiger partial charge in [0.2, 0.25) is 5.91 Å². The Kier molecular flexibility index (Phi) is 3.31. The van der Waals surface area contributed by atoms with Crippen LogP contribution in [-0.2, 0) is 24.2 Å². The highest BCUT2D eigenvalue weighted by Gasteiger charge is 2.24. The van der Waals surface area contributed by atoms with Gasteiger partial charge in [0, 0.05) is 12.1 Å². The molecule has 1 aromatic carbocycles. The SMILES string of the molecule is O=C(NCc1cnc[nH]1)C1CCc2ccccc2C1. The summed E-state index contributed by atoms with van der Waals surface area (Å²) < 4.78 is 0. The van der Waals surface area contributed by atoms with Gasteiger partial charge in [0.05, 0.1) is 18.6 Å². The van der Waals surface area contributed by atoms with Crippen LogP contribution in [0.3, 0.4) is 0 Å². The van der Waals surface area contributed by atoms with Crippen LogP contribution >= 0.6 is 0 Å². The lowest BCUT2D eigenvalue weighted by atomic mass is 9.83. The molecule has 3 rings (SSSR count). The van der Waals surface area contributed by atoms with E-state index in [-0.39, 0.29) is 11.8 Å². The monoisotopic (exact) mass is 255 g/mol. The first-order valence-corrected chi connectivity index (χ1v) is 6.64. The van der Waals surface area contributed by atoms with Gasteiger partial charge in [-0.1, -0.05) is 24.3 Å². The third-order valence-electron chi connectivity index (χ3n) is 3.73. The summed E-state index contributed by atoms with van der Waals surface area (Å²) in [4.78, 5) is 19.1. The summed E-state index contributed by atoms with van der Waals surface area (Å²) in [5.74, 6) is 0.238. The number of nitrogens with zero attached hydrogens (tertiary/aromatic N) is 1. The first kappa shape index (κ1) is 12.0. The highest BCUT2D eigenvalue weighted by molar-refractivity contribution is 5.79. The Balaban J connectivity index is 1.60. The van der Waals surface area contributed by atoms with E-state index in [1.54, 1.807) is 12.5 Å². The highest BCUT2D eigenvalue weighted by atomic mass is 16.1. The molecule has 98 valence electrons. The molecule has 0 bridgehead atoms. The molecule has 19 heavy (non-hydrogen) atoms. The topological polar surface area (TPSA) is 57.8 Å². The van der Waals surface area contributed by atoms with Gasteiger partial charge in [0.15, 0.2) is 0 Å². The maximum Gasteiger partial charge on any atom is 0.223 e. The fourth-order valence-electron chi connectivity index (χ4n) is 2.63. The lowest BCUT2D eigenvalue weighted by molar-refractivity contribution is -0.125. The van der Waals surface area contributed by atoms with Crippen molar-refractivity contribution in [1.82, 2.24) is 15.3 Å². The number of nitrogens with one attached hydrogen (secondary N) is 2. The number of aromatic amines is 1. The summed E-state index contributed by atoms with van der Waals surface area (Å²) in [6.07, 6.45) is 6.14. The van der Waals surface area contributed by atoms with E-state index in [9.17, 15) is 4.79 Å². The van der Waals surface area contributed by atoms with Crippen molar-refractivity contribution in [2.45, 2.75) is 25.8 Å². The Labute approximate surface area is 112 Å². The summed E-state index contributed by atoms with van der Waals surface area (Å²) in [5.41, 5.74) is 3.64. The molecule has 1 aliphatic carbocycles. The van der Waals surface area contributed by atoms with Gasteiger partial charge in [0.1, 0.15) is 0 Å². The van der Waals surface area contributed by atoms with Crippen molar-refractivity contribution in [3.63, 3.8) is 0 Å². The summed E-state index contributed by atoms with van der Waals surface area (Å²) in [6, 6.07) is 8.40. The van der Waals surface area contributed by atoms with Crippen LogP contribution in [0.15, 0.2) is 36.8 Å². The second kappa shape index (κ2) is 5.26. The van der Waals surface area contributed by atoms with E-state index in [0.29, 0.717) is 6.54 Å². The molecule has 0 spiro atoms. The van der Waals surface area contributed by atoms with Crippen LogP contribution in [0.25, 0.3) is 0 Å². The molecule has 0 saturated heterocycles. The first-order chi connectivity index (χ1) is 9.33. The maximum absolute atomic E-state index is 12.2. The van der Waals surface area contributed by atoms with Crippen molar-refractivity contribution in [3.05, 3.63) is 53.6 Å². The van der Waals surface area contributed by atoms with Gasteiger partial charge in [-0.05, 0) is 30.4 Å². The minimum atomic E-state index is 0.0952. The third kappa shape index (κ3) is 2.67. The molecular formula is C15H17N3O. The highest BCUT2D eigenvalue weighted by Crippen LogP contribution is 2.25. The molecule has 1 aliphatic rings. The second-order valence-corrected chi connectivity index (χ2v) is 5.00.